The van der Waals surface area contributed by atoms with Crippen molar-refractivity contribution >= 4 is 33.4 Å². The summed E-state index contributed by atoms with van der Waals surface area (Å²) in [5.74, 6) is -0.455. The van der Waals surface area contributed by atoms with E-state index >= 15 is 0 Å². The number of hydrogen-bond donors (Lipinski definition) is 1. The smallest absolute Gasteiger partial charge is 0.247 e. The molecule has 0 radical (unpaired) electrons. The van der Waals surface area contributed by atoms with Gasteiger partial charge >= 0.3 is 0 Å². The van der Waals surface area contributed by atoms with Crippen LogP contribution in [0.3, 0.4) is 0 Å². The molecule has 230 valence electrons. The van der Waals surface area contributed by atoms with Crippen LogP contribution in [0.25, 0.3) is 0 Å². The van der Waals surface area contributed by atoms with Gasteiger partial charge in [0.25, 0.3) is 0 Å². The molecule has 1 atom stereocenters. The molecule has 0 aliphatic carbocycles. The number of ether oxygens (including phenoxy) is 1. The van der Waals surface area contributed by atoms with Gasteiger partial charge in [-0.25, -0.2) is 8.42 Å². The molecule has 0 spiro atoms. The third kappa shape index (κ3) is 9.13. The highest BCUT2D eigenvalue weighted by atomic mass is 35.5. The summed E-state index contributed by atoms with van der Waals surface area (Å²) in [6, 6.07) is 22.4. The Labute approximate surface area is 260 Å². The number of halogens is 1. The standard InChI is InChI=1S/C33H40ClN3O5S/c1-2-42-24-8-21-35-33(39)32(28-9-4-3-5-10-28)37(25-27-11-16-29(34)17-12-27)31(38)20-15-26-13-18-30(19-14-26)43(40,41)36-22-6-7-23-36/h3-5,9-14,16-19,32H,2,6-8,15,20-25H2,1H3,(H,35,39). The van der Waals surface area contributed by atoms with Crippen LogP contribution in [0, 0.1) is 0 Å². The Morgan fingerprint density at radius 3 is 2.26 bits per heavy atom. The minimum absolute atomic E-state index is 0.146. The Hall–Kier alpha value is -3.24. The first-order valence-corrected chi connectivity index (χ1v) is 16.6. The SMILES string of the molecule is CCOCCCNC(=O)C(c1ccccc1)N(Cc1ccc(Cl)cc1)C(=O)CCc1ccc(S(=O)(=O)N2CCCC2)cc1. The molecule has 1 N–H and O–H groups in total. The predicted molar refractivity (Wildman–Crippen MR) is 168 cm³/mol. The number of aryl methyl sites for hydroxylation is 1. The van der Waals surface area contributed by atoms with E-state index < -0.39 is 16.1 Å². The molecular weight excluding hydrogens is 586 g/mol. The second-order valence-corrected chi connectivity index (χ2v) is 12.9. The van der Waals surface area contributed by atoms with Crippen molar-refractivity contribution in [3.8, 4) is 0 Å². The molecule has 1 aliphatic heterocycles. The van der Waals surface area contributed by atoms with Crippen molar-refractivity contribution in [2.24, 2.45) is 0 Å². The lowest BCUT2D eigenvalue weighted by atomic mass is 10.0. The molecule has 3 aromatic rings. The van der Waals surface area contributed by atoms with Crippen molar-refractivity contribution in [2.45, 2.75) is 56.5 Å². The van der Waals surface area contributed by atoms with Crippen molar-refractivity contribution < 1.29 is 22.7 Å². The minimum atomic E-state index is -3.51. The predicted octanol–water partition coefficient (Wildman–Crippen LogP) is 5.37. The lowest BCUT2D eigenvalue weighted by molar-refractivity contribution is -0.141. The molecule has 3 aromatic carbocycles. The molecule has 0 saturated carbocycles. The van der Waals surface area contributed by atoms with Crippen LogP contribution in [-0.2, 0) is 37.3 Å². The van der Waals surface area contributed by atoms with E-state index in [1.165, 1.54) is 4.31 Å². The number of rotatable bonds is 15. The number of benzene rings is 3. The number of hydrogen-bond acceptors (Lipinski definition) is 5. The van der Waals surface area contributed by atoms with E-state index in [-0.39, 0.29) is 29.7 Å². The average Bonchev–Trinajstić information content (AvgIpc) is 3.58. The van der Waals surface area contributed by atoms with Crippen molar-refractivity contribution in [2.75, 3.05) is 32.8 Å². The quantitative estimate of drug-likeness (QED) is 0.229. The summed E-state index contributed by atoms with van der Waals surface area (Å²) in [6.45, 7) is 4.82. The van der Waals surface area contributed by atoms with Crippen LogP contribution >= 0.6 is 11.6 Å². The zero-order chi connectivity index (χ0) is 30.7. The molecular formula is C33H40ClN3O5S. The van der Waals surface area contributed by atoms with Crippen LogP contribution < -0.4 is 5.32 Å². The minimum Gasteiger partial charge on any atom is -0.382 e. The van der Waals surface area contributed by atoms with E-state index in [1.807, 2.05) is 49.4 Å². The van der Waals surface area contributed by atoms with Gasteiger partial charge in [0, 0.05) is 50.8 Å². The highest BCUT2D eigenvalue weighted by molar-refractivity contribution is 7.89. The van der Waals surface area contributed by atoms with Crippen LogP contribution in [0.5, 0.6) is 0 Å². The lowest BCUT2D eigenvalue weighted by Crippen LogP contribution is -2.43. The highest BCUT2D eigenvalue weighted by Gasteiger charge is 2.31. The molecule has 1 heterocycles. The number of carbonyl (C=O) groups is 2. The van der Waals surface area contributed by atoms with Gasteiger partial charge in [-0.15, -0.1) is 0 Å². The van der Waals surface area contributed by atoms with Crippen LogP contribution in [0.1, 0.15) is 55.3 Å². The molecule has 1 saturated heterocycles. The molecule has 10 heteroatoms. The zero-order valence-electron chi connectivity index (χ0n) is 24.6. The Morgan fingerprint density at radius 1 is 0.953 bits per heavy atom. The maximum Gasteiger partial charge on any atom is 0.247 e. The molecule has 8 nitrogen and oxygen atoms in total. The Bertz CT molecular complexity index is 1430. The van der Waals surface area contributed by atoms with Gasteiger partial charge in [-0.2, -0.15) is 4.31 Å². The molecule has 43 heavy (non-hydrogen) atoms. The second-order valence-electron chi connectivity index (χ2n) is 10.6. The summed E-state index contributed by atoms with van der Waals surface area (Å²) in [6.07, 6.45) is 2.96. The highest BCUT2D eigenvalue weighted by Crippen LogP contribution is 2.26. The number of nitrogens with zero attached hydrogens (tertiary/aromatic N) is 2. The fourth-order valence-corrected chi connectivity index (χ4v) is 6.79. The van der Waals surface area contributed by atoms with Crippen molar-refractivity contribution in [3.05, 3.63) is 101 Å². The summed E-state index contributed by atoms with van der Waals surface area (Å²) < 4.78 is 32.7. The van der Waals surface area contributed by atoms with Gasteiger partial charge in [-0.05, 0) is 73.6 Å². The van der Waals surface area contributed by atoms with E-state index in [0.29, 0.717) is 56.3 Å². The van der Waals surface area contributed by atoms with E-state index in [4.69, 9.17) is 16.3 Å². The monoisotopic (exact) mass is 625 g/mol. The molecule has 0 bridgehead atoms. The molecule has 1 fully saturated rings. The fraction of sp³-hybridized carbons (Fsp3) is 0.394. The lowest BCUT2D eigenvalue weighted by Gasteiger charge is -2.32. The molecule has 1 aliphatic rings. The maximum atomic E-state index is 13.9. The van der Waals surface area contributed by atoms with E-state index in [1.54, 1.807) is 41.3 Å². The first-order chi connectivity index (χ1) is 20.8. The Morgan fingerprint density at radius 2 is 1.60 bits per heavy atom. The summed E-state index contributed by atoms with van der Waals surface area (Å²) >= 11 is 6.11. The number of amides is 2. The molecule has 0 aromatic heterocycles. The maximum absolute atomic E-state index is 13.9. The third-order valence-corrected chi connectivity index (χ3v) is 9.65. The van der Waals surface area contributed by atoms with Crippen LogP contribution in [0.4, 0.5) is 0 Å². The van der Waals surface area contributed by atoms with Crippen molar-refractivity contribution in [1.29, 1.82) is 0 Å². The largest absolute Gasteiger partial charge is 0.382 e. The number of carbonyl (C=O) groups excluding carboxylic acids is 2. The Balaban J connectivity index is 1.53. The van der Waals surface area contributed by atoms with Gasteiger partial charge in [0.2, 0.25) is 21.8 Å². The fourth-order valence-electron chi connectivity index (χ4n) is 5.15. The van der Waals surface area contributed by atoms with E-state index in [0.717, 1.165) is 24.0 Å². The van der Waals surface area contributed by atoms with Gasteiger partial charge in [0.1, 0.15) is 6.04 Å². The third-order valence-electron chi connectivity index (χ3n) is 7.48. The molecule has 4 rings (SSSR count). The van der Waals surface area contributed by atoms with E-state index in [2.05, 4.69) is 5.32 Å². The van der Waals surface area contributed by atoms with E-state index in [9.17, 15) is 18.0 Å². The zero-order valence-corrected chi connectivity index (χ0v) is 26.2. The first kappa shape index (κ1) is 32.7. The molecule has 2 amide bonds. The number of nitrogens with one attached hydrogen (secondary N) is 1. The number of sulfonamides is 1. The summed E-state index contributed by atoms with van der Waals surface area (Å²) in [5, 5.41) is 3.58. The van der Waals surface area contributed by atoms with Crippen molar-refractivity contribution in [3.63, 3.8) is 0 Å². The van der Waals surface area contributed by atoms with Gasteiger partial charge in [0.15, 0.2) is 0 Å². The topological polar surface area (TPSA) is 96.0 Å². The average molecular weight is 626 g/mol. The normalized spacial score (nSPS) is 14.4. The van der Waals surface area contributed by atoms with Crippen LogP contribution in [0.2, 0.25) is 5.02 Å². The second kappa shape index (κ2) is 16.0. The summed E-state index contributed by atoms with van der Waals surface area (Å²) in [4.78, 5) is 29.4. The summed E-state index contributed by atoms with van der Waals surface area (Å²) in [7, 11) is -3.51. The van der Waals surface area contributed by atoms with Gasteiger partial charge in [0.05, 0.1) is 4.90 Å². The summed E-state index contributed by atoms with van der Waals surface area (Å²) in [5.41, 5.74) is 2.40. The van der Waals surface area contributed by atoms with Gasteiger partial charge < -0.3 is 15.0 Å². The van der Waals surface area contributed by atoms with Crippen LogP contribution in [0.15, 0.2) is 83.8 Å². The first-order valence-electron chi connectivity index (χ1n) is 14.8. The van der Waals surface area contributed by atoms with Gasteiger partial charge in [-0.1, -0.05) is 66.2 Å². The molecule has 1 unspecified atom stereocenters. The van der Waals surface area contributed by atoms with Crippen molar-refractivity contribution in [1.82, 2.24) is 14.5 Å². The van der Waals surface area contributed by atoms with Crippen LogP contribution in [-0.4, -0.2) is 62.3 Å². The van der Waals surface area contributed by atoms with Gasteiger partial charge in [-0.3, -0.25) is 9.59 Å². The Kier molecular flexibility index (Phi) is 12.2.